The van der Waals surface area contributed by atoms with E-state index in [1.54, 1.807) is 0 Å². The van der Waals surface area contributed by atoms with Crippen LogP contribution in [-0.2, 0) is 0 Å². The lowest BCUT2D eigenvalue weighted by molar-refractivity contribution is 0.254. The molecule has 0 radical (unpaired) electrons. The summed E-state index contributed by atoms with van der Waals surface area (Å²) in [6.45, 7) is 7.93. The van der Waals surface area contributed by atoms with E-state index in [0.717, 1.165) is 13.1 Å². The molecule has 0 fully saturated rings. The average Bonchev–Trinajstić information content (AvgIpc) is 2.19. The van der Waals surface area contributed by atoms with Gasteiger partial charge in [-0.3, -0.25) is 0 Å². The van der Waals surface area contributed by atoms with Gasteiger partial charge in [0.1, 0.15) is 0 Å². The first-order valence-corrected chi connectivity index (χ1v) is 6.27. The number of aryl methyl sites for hydroxylation is 1. The highest BCUT2D eigenvalue weighted by atomic mass is 35.5. The van der Waals surface area contributed by atoms with E-state index in [4.69, 9.17) is 17.3 Å². The van der Waals surface area contributed by atoms with Crippen LogP contribution in [0.5, 0.6) is 0 Å². The minimum atomic E-state index is 0.112. The molecule has 5 nitrogen and oxygen atoms in total. The summed E-state index contributed by atoms with van der Waals surface area (Å²) in [5.41, 5.74) is 7.29. The monoisotopic (exact) mass is 271 g/mol. The van der Waals surface area contributed by atoms with Crippen molar-refractivity contribution in [3.05, 3.63) is 11.0 Å². The number of anilines is 2. The summed E-state index contributed by atoms with van der Waals surface area (Å²) < 4.78 is 0. The number of nitrogens with two attached hydrogens (primary N) is 1. The zero-order valence-corrected chi connectivity index (χ0v) is 12.5. The van der Waals surface area contributed by atoms with E-state index in [9.17, 15) is 0 Å². The minimum absolute atomic E-state index is 0.112. The van der Waals surface area contributed by atoms with Gasteiger partial charge in [-0.1, -0.05) is 13.8 Å². The molecule has 0 saturated carbocycles. The fourth-order valence-corrected chi connectivity index (χ4v) is 2.13. The lowest BCUT2D eigenvalue weighted by Gasteiger charge is -2.28. The van der Waals surface area contributed by atoms with Crippen LogP contribution in [-0.4, -0.2) is 42.1 Å². The summed E-state index contributed by atoms with van der Waals surface area (Å²) >= 11 is 5.83. The van der Waals surface area contributed by atoms with Crippen molar-refractivity contribution in [3.8, 4) is 0 Å². The van der Waals surface area contributed by atoms with E-state index in [2.05, 4.69) is 48.1 Å². The fourth-order valence-electron chi connectivity index (χ4n) is 1.92. The first kappa shape index (κ1) is 15.0. The number of nitrogens with zero attached hydrogens (tertiary/aromatic N) is 3. The Morgan fingerprint density at radius 2 is 1.94 bits per heavy atom. The Morgan fingerprint density at radius 1 is 1.33 bits per heavy atom. The second kappa shape index (κ2) is 5.71. The number of hydrogen-bond donors (Lipinski definition) is 2. The van der Waals surface area contributed by atoms with Crippen LogP contribution in [0.4, 0.5) is 11.5 Å². The van der Waals surface area contributed by atoms with Crippen LogP contribution in [0, 0.1) is 12.3 Å². The van der Waals surface area contributed by atoms with Crippen LogP contribution in [0.15, 0.2) is 0 Å². The average molecular weight is 272 g/mol. The number of rotatable bonds is 5. The molecule has 0 aromatic carbocycles. The van der Waals surface area contributed by atoms with Gasteiger partial charge in [0, 0.05) is 13.1 Å². The molecule has 1 heterocycles. The highest BCUT2D eigenvalue weighted by Gasteiger charge is 2.19. The summed E-state index contributed by atoms with van der Waals surface area (Å²) in [7, 11) is 4.11. The van der Waals surface area contributed by atoms with Crippen LogP contribution >= 0.6 is 11.6 Å². The molecule has 6 heteroatoms. The molecule has 0 atom stereocenters. The molecule has 0 unspecified atom stereocenters. The second-order valence-electron chi connectivity index (χ2n) is 5.60. The largest absolute Gasteiger partial charge is 0.394 e. The zero-order valence-electron chi connectivity index (χ0n) is 11.7. The topological polar surface area (TPSA) is 67.1 Å². The molecule has 102 valence electrons. The number of halogens is 1. The molecule has 1 aromatic rings. The van der Waals surface area contributed by atoms with Crippen LogP contribution < -0.4 is 11.1 Å². The number of aromatic nitrogens is 2. The molecule has 0 aliphatic carbocycles. The van der Waals surface area contributed by atoms with Gasteiger partial charge in [-0.2, -0.15) is 4.98 Å². The van der Waals surface area contributed by atoms with Gasteiger partial charge in [-0.15, -0.1) is 0 Å². The van der Waals surface area contributed by atoms with Crippen LogP contribution in [0.3, 0.4) is 0 Å². The predicted octanol–water partition coefficient (Wildman–Crippen LogP) is 2.02. The summed E-state index contributed by atoms with van der Waals surface area (Å²) in [6.07, 6.45) is 0. The smallest absolute Gasteiger partial charge is 0.224 e. The standard InChI is InChI=1S/C12H22ClN5/c1-8-9(14)10(17-11(13)16-8)15-6-12(2,3)7-18(4)5/h6-7,14H2,1-5H3,(H,15,16,17). The lowest BCUT2D eigenvalue weighted by Crippen LogP contribution is -2.34. The van der Waals surface area contributed by atoms with Gasteiger partial charge in [0.2, 0.25) is 5.28 Å². The van der Waals surface area contributed by atoms with Gasteiger partial charge in [-0.05, 0) is 38.0 Å². The van der Waals surface area contributed by atoms with Gasteiger partial charge < -0.3 is 16.0 Å². The number of nitrogen functional groups attached to an aromatic ring is 1. The molecule has 1 aromatic heterocycles. The third-order valence-electron chi connectivity index (χ3n) is 2.59. The van der Waals surface area contributed by atoms with E-state index < -0.39 is 0 Å². The van der Waals surface area contributed by atoms with E-state index in [1.165, 1.54) is 0 Å². The van der Waals surface area contributed by atoms with Crippen molar-refractivity contribution in [2.75, 3.05) is 38.2 Å². The summed E-state index contributed by atoms with van der Waals surface area (Å²) in [6, 6.07) is 0. The Kier molecular flexibility index (Phi) is 4.76. The molecule has 0 aliphatic heterocycles. The highest BCUT2D eigenvalue weighted by Crippen LogP contribution is 2.23. The lowest BCUT2D eigenvalue weighted by atomic mass is 9.93. The Hall–Kier alpha value is -1.07. The van der Waals surface area contributed by atoms with Crippen molar-refractivity contribution < 1.29 is 0 Å². The second-order valence-corrected chi connectivity index (χ2v) is 5.93. The first-order chi connectivity index (χ1) is 8.21. The van der Waals surface area contributed by atoms with Crippen LogP contribution in [0.25, 0.3) is 0 Å². The molecule has 0 saturated heterocycles. The Bertz CT molecular complexity index is 417. The minimum Gasteiger partial charge on any atom is -0.394 e. The number of nitrogens with one attached hydrogen (secondary N) is 1. The van der Waals surface area contributed by atoms with Gasteiger partial charge in [0.05, 0.1) is 11.4 Å². The molecule has 0 spiro atoms. The third-order valence-corrected chi connectivity index (χ3v) is 2.76. The van der Waals surface area contributed by atoms with E-state index in [0.29, 0.717) is 17.2 Å². The van der Waals surface area contributed by atoms with Crippen LogP contribution in [0.2, 0.25) is 5.28 Å². The van der Waals surface area contributed by atoms with E-state index >= 15 is 0 Å². The molecular formula is C12H22ClN5. The maximum absolute atomic E-state index is 5.93. The van der Waals surface area contributed by atoms with Crippen molar-refractivity contribution >= 4 is 23.1 Å². The van der Waals surface area contributed by atoms with Crippen LogP contribution in [0.1, 0.15) is 19.5 Å². The SMILES string of the molecule is Cc1nc(Cl)nc(NCC(C)(C)CN(C)C)c1N. The van der Waals surface area contributed by atoms with Gasteiger partial charge in [-0.25, -0.2) is 4.98 Å². The predicted molar refractivity (Wildman–Crippen MR) is 77.0 cm³/mol. The van der Waals surface area contributed by atoms with Gasteiger partial charge in [0.25, 0.3) is 0 Å². The number of hydrogen-bond acceptors (Lipinski definition) is 5. The van der Waals surface area contributed by atoms with Crippen molar-refractivity contribution in [2.45, 2.75) is 20.8 Å². The van der Waals surface area contributed by atoms with Crippen molar-refractivity contribution in [1.29, 1.82) is 0 Å². The molecule has 18 heavy (non-hydrogen) atoms. The van der Waals surface area contributed by atoms with Gasteiger partial charge in [0.15, 0.2) is 5.82 Å². The Labute approximate surface area is 114 Å². The van der Waals surface area contributed by atoms with Crippen molar-refractivity contribution in [1.82, 2.24) is 14.9 Å². The molecule has 0 amide bonds. The molecule has 3 N–H and O–H groups in total. The van der Waals surface area contributed by atoms with E-state index in [-0.39, 0.29) is 10.7 Å². The Balaban J connectivity index is 2.74. The highest BCUT2D eigenvalue weighted by molar-refractivity contribution is 6.28. The summed E-state index contributed by atoms with van der Waals surface area (Å²) in [5, 5.41) is 3.47. The summed E-state index contributed by atoms with van der Waals surface area (Å²) in [5.74, 6) is 0.610. The molecule has 0 bridgehead atoms. The first-order valence-electron chi connectivity index (χ1n) is 5.89. The fraction of sp³-hybridized carbons (Fsp3) is 0.667. The summed E-state index contributed by atoms with van der Waals surface area (Å²) in [4.78, 5) is 10.3. The maximum Gasteiger partial charge on any atom is 0.224 e. The van der Waals surface area contributed by atoms with Crippen molar-refractivity contribution in [2.24, 2.45) is 5.41 Å². The third kappa shape index (κ3) is 4.31. The van der Waals surface area contributed by atoms with Gasteiger partial charge >= 0.3 is 0 Å². The quantitative estimate of drug-likeness (QED) is 0.802. The molecule has 1 rings (SSSR count). The van der Waals surface area contributed by atoms with Crippen molar-refractivity contribution in [3.63, 3.8) is 0 Å². The van der Waals surface area contributed by atoms with E-state index in [1.807, 2.05) is 6.92 Å². The normalized spacial score (nSPS) is 11.9. The molecule has 0 aliphatic rings. The Morgan fingerprint density at radius 3 is 2.50 bits per heavy atom. The maximum atomic E-state index is 5.93. The zero-order chi connectivity index (χ0) is 13.9. The molecular weight excluding hydrogens is 250 g/mol.